The van der Waals surface area contributed by atoms with E-state index in [4.69, 9.17) is 0 Å². The Bertz CT molecular complexity index is 1300. The van der Waals surface area contributed by atoms with Crippen LogP contribution in [0.25, 0.3) is 10.9 Å². The van der Waals surface area contributed by atoms with Crippen LogP contribution in [0.4, 0.5) is 0 Å². The zero-order valence-corrected chi connectivity index (χ0v) is 18.9. The number of aromatic amines is 1. The van der Waals surface area contributed by atoms with Gasteiger partial charge in [-0.05, 0) is 51.0 Å². The summed E-state index contributed by atoms with van der Waals surface area (Å²) < 4.78 is 27.7. The molecule has 2 aromatic carbocycles. The highest BCUT2D eigenvalue weighted by Crippen LogP contribution is 2.28. The molecule has 168 valence electrons. The topological polar surface area (TPSA) is 103 Å². The minimum atomic E-state index is -3.79. The standard InChI is InChI=1S/C23H26N4O4S/c1-3-26(15-21-24-19-8-5-4-7-18(19)22(28)25-21)23(29)20-9-6-14-27(20)32(30,31)17-12-10-16(2)11-13-17/h4-5,7-8,10-13,20H,3,6,9,14-15H2,1-2H3,(H,24,25,28). The second-order valence-electron chi connectivity index (χ2n) is 7.97. The number of hydrogen-bond acceptors (Lipinski definition) is 5. The van der Waals surface area contributed by atoms with E-state index in [1.165, 1.54) is 4.31 Å². The Morgan fingerprint density at radius 1 is 1.19 bits per heavy atom. The summed E-state index contributed by atoms with van der Waals surface area (Å²) in [7, 11) is -3.79. The van der Waals surface area contributed by atoms with Gasteiger partial charge in [0, 0.05) is 13.1 Å². The van der Waals surface area contributed by atoms with E-state index in [0.717, 1.165) is 5.56 Å². The summed E-state index contributed by atoms with van der Waals surface area (Å²) in [5.41, 5.74) is 1.25. The lowest BCUT2D eigenvalue weighted by atomic mass is 10.2. The fraction of sp³-hybridized carbons (Fsp3) is 0.348. The molecular formula is C23H26N4O4S. The highest BCUT2D eigenvalue weighted by Gasteiger charge is 2.41. The van der Waals surface area contributed by atoms with Crippen LogP contribution in [0.5, 0.6) is 0 Å². The van der Waals surface area contributed by atoms with E-state index < -0.39 is 16.1 Å². The molecule has 1 N–H and O–H groups in total. The van der Waals surface area contributed by atoms with Crippen LogP contribution in [0, 0.1) is 6.92 Å². The number of carbonyl (C=O) groups is 1. The van der Waals surface area contributed by atoms with E-state index in [-0.39, 0.29) is 22.9 Å². The minimum absolute atomic E-state index is 0.102. The highest BCUT2D eigenvalue weighted by molar-refractivity contribution is 7.89. The Labute approximate surface area is 186 Å². The molecule has 0 aliphatic carbocycles. The van der Waals surface area contributed by atoms with Crippen LogP contribution in [0.1, 0.15) is 31.2 Å². The number of aromatic nitrogens is 2. The number of sulfonamides is 1. The predicted octanol–water partition coefficient (Wildman–Crippen LogP) is 2.43. The van der Waals surface area contributed by atoms with Crippen molar-refractivity contribution in [2.75, 3.05) is 13.1 Å². The molecule has 0 spiro atoms. The largest absolute Gasteiger partial charge is 0.334 e. The number of likely N-dealkylation sites (N-methyl/N-ethyl adjacent to an activating group) is 1. The lowest BCUT2D eigenvalue weighted by Gasteiger charge is -2.29. The third-order valence-corrected chi connectivity index (χ3v) is 7.73. The summed E-state index contributed by atoms with van der Waals surface area (Å²) in [6.45, 7) is 4.48. The van der Waals surface area contributed by atoms with Gasteiger partial charge in [0.15, 0.2) is 0 Å². The van der Waals surface area contributed by atoms with Gasteiger partial charge < -0.3 is 9.88 Å². The van der Waals surface area contributed by atoms with Gasteiger partial charge in [-0.3, -0.25) is 9.59 Å². The number of nitrogens with one attached hydrogen (secondary N) is 1. The number of amides is 1. The smallest absolute Gasteiger partial charge is 0.258 e. The normalized spacial score (nSPS) is 17.0. The van der Waals surface area contributed by atoms with Crippen LogP contribution in [0.2, 0.25) is 0 Å². The van der Waals surface area contributed by atoms with Gasteiger partial charge in [-0.25, -0.2) is 13.4 Å². The first kappa shape index (κ1) is 22.2. The SMILES string of the molecule is CCN(Cc1nc2ccccc2c(=O)[nH]1)C(=O)C1CCCN1S(=O)(=O)c1ccc(C)cc1. The Morgan fingerprint density at radius 3 is 2.62 bits per heavy atom. The van der Waals surface area contributed by atoms with Crippen molar-refractivity contribution < 1.29 is 13.2 Å². The van der Waals surface area contributed by atoms with Gasteiger partial charge in [-0.1, -0.05) is 29.8 Å². The fourth-order valence-corrected chi connectivity index (χ4v) is 5.72. The van der Waals surface area contributed by atoms with E-state index in [1.807, 2.05) is 13.8 Å². The molecule has 1 aliphatic rings. The van der Waals surface area contributed by atoms with Crippen molar-refractivity contribution in [3.05, 3.63) is 70.3 Å². The Hall–Kier alpha value is -3.04. The molecule has 1 aromatic heterocycles. The average molecular weight is 455 g/mol. The number of fused-ring (bicyclic) bond motifs is 1. The number of H-pyrrole nitrogens is 1. The number of aryl methyl sites for hydroxylation is 1. The first-order valence-electron chi connectivity index (χ1n) is 10.7. The molecule has 3 aromatic rings. The van der Waals surface area contributed by atoms with Crippen LogP contribution in [0.15, 0.2) is 58.2 Å². The van der Waals surface area contributed by atoms with Crippen LogP contribution >= 0.6 is 0 Å². The molecule has 4 rings (SSSR count). The van der Waals surface area contributed by atoms with E-state index >= 15 is 0 Å². The van der Waals surface area contributed by atoms with Gasteiger partial charge in [-0.2, -0.15) is 4.31 Å². The minimum Gasteiger partial charge on any atom is -0.334 e. The summed E-state index contributed by atoms with van der Waals surface area (Å²) >= 11 is 0. The number of nitrogens with zero attached hydrogens (tertiary/aromatic N) is 3. The summed E-state index contributed by atoms with van der Waals surface area (Å²) in [5, 5.41) is 0.483. The van der Waals surface area contributed by atoms with Gasteiger partial charge in [0.1, 0.15) is 11.9 Å². The summed E-state index contributed by atoms with van der Waals surface area (Å²) in [4.78, 5) is 34.7. The first-order chi connectivity index (χ1) is 15.3. The molecule has 1 unspecified atom stereocenters. The van der Waals surface area contributed by atoms with Crippen molar-refractivity contribution in [2.24, 2.45) is 0 Å². The van der Waals surface area contributed by atoms with E-state index in [2.05, 4.69) is 9.97 Å². The lowest BCUT2D eigenvalue weighted by molar-refractivity contribution is -0.135. The fourth-order valence-electron chi connectivity index (χ4n) is 4.07. The van der Waals surface area contributed by atoms with Gasteiger partial charge in [0.05, 0.1) is 22.3 Å². The third kappa shape index (κ3) is 4.18. The summed E-state index contributed by atoms with van der Waals surface area (Å²) in [6, 6.07) is 12.9. The van der Waals surface area contributed by atoms with Crippen LogP contribution in [-0.4, -0.2) is 52.6 Å². The van der Waals surface area contributed by atoms with Gasteiger partial charge in [0.2, 0.25) is 15.9 Å². The van der Waals surface area contributed by atoms with Crippen molar-refractivity contribution in [1.82, 2.24) is 19.2 Å². The number of carbonyl (C=O) groups excluding carboxylic acids is 1. The second kappa shape index (κ2) is 8.84. The quantitative estimate of drug-likeness (QED) is 0.616. The predicted molar refractivity (Wildman–Crippen MR) is 122 cm³/mol. The molecule has 1 amide bonds. The Kier molecular flexibility index (Phi) is 6.12. The van der Waals surface area contributed by atoms with Gasteiger partial charge in [0.25, 0.3) is 5.56 Å². The Balaban J connectivity index is 1.59. The molecule has 2 heterocycles. The number of rotatable bonds is 6. The van der Waals surface area contributed by atoms with E-state index in [1.54, 1.807) is 53.4 Å². The number of para-hydroxylation sites is 1. The molecule has 0 saturated carbocycles. The van der Waals surface area contributed by atoms with Crippen LogP contribution < -0.4 is 5.56 Å². The maximum Gasteiger partial charge on any atom is 0.258 e. The van der Waals surface area contributed by atoms with Gasteiger partial charge >= 0.3 is 0 Å². The van der Waals surface area contributed by atoms with E-state index in [9.17, 15) is 18.0 Å². The van der Waals surface area contributed by atoms with Crippen LogP contribution in [-0.2, 0) is 21.4 Å². The zero-order chi connectivity index (χ0) is 22.9. The van der Waals surface area contributed by atoms with E-state index in [0.29, 0.717) is 42.7 Å². The highest BCUT2D eigenvalue weighted by atomic mass is 32.2. The van der Waals surface area contributed by atoms with Crippen molar-refractivity contribution in [1.29, 1.82) is 0 Å². The molecule has 1 fully saturated rings. The molecular weight excluding hydrogens is 428 g/mol. The average Bonchev–Trinajstić information content (AvgIpc) is 3.28. The second-order valence-corrected chi connectivity index (χ2v) is 9.86. The third-order valence-electron chi connectivity index (χ3n) is 5.81. The monoisotopic (exact) mass is 454 g/mol. The first-order valence-corrected chi connectivity index (χ1v) is 12.1. The maximum absolute atomic E-state index is 13.4. The molecule has 32 heavy (non-hydrogen) atoms. The Morgan fingerprint density at radius 2 is 1.91 bits per heavy atom. The molecule has 1 atom stereocenters. The van der Waals surface area contributed by atoms with Gasteiger partial charge in [-0.15, -0.1) is 0 Å². The number of benzene rings is 2. The zero-order valence-electron chi connectivity index (χ0n) is 18.1. The summed E-state index contributed by atoms with van der Waals surface area (Å²) in [6.07, 6.45) is 1.08. The summed E-state index contributed by atoms with van der Waals surface area (Å²) in [5.74, 6) is 0.0892. The molecule has 1 saturated heterocycles. The van der Waals surface area contributed by atoms with Crippen molar-refractivity contribution >= 4 is 26.8 Å². The lowest BCUT2D eigenvalue weighted by Crippen LogP contribution is -2.47. The number of hydrogen-bond donors (Lipinski definition) is 1. The molecule has 1 aliphatic heterocycles. The van der Waals surface area contributed by atoms with Crippen molar-refractivity contribution in [3.63, 3.8) is 0 Å². The van der Waals surface area contributed by atoms with Crippen LogP contribution in [0.3, 0.4) is 0 Å². The molecule has 8 nitrogen and oxygen atoms in total. The van der Waals surface area contributed by atoms with Crippen molar-refractivity contribution in [2.45, 2.75) is 44.2 Å². The molecule has 9 heteroatoms. The molecule has 0 radical (unpaired) electrons. The van der Waals surface area contributed by atoms with Crippen molar-refractivity contribution in [3.8, 4) is 0 Å². The molecule has 0 bridgehead atoms. The maximum atomic E-state index is 13.4.